The molecule has 3 nitrogen and oxygen atoms in total. The minimum absolute atomic E-state index is 0.169. The van der Waals surface area contributed by atoms with Crippen LogP contribution in [0.1, 0.15) is 45.1 Å². The van der Waals surface area contributed by atoms with Crippen molar-refractivity contribution in [2.24, 2.45) is 0 Å². The first-order valence-corrected chi connectivity index (χ1v) is 9.81. The summed E-state index contributed by atoms with van der Waals surface area (Å²) in [6.07, 6.45) is 4.94. The summed E-state index contributed by atoms with van der Waals surface area (Å²) in [7, 11) is -2.93. The molecular weight excluding hydrogens is 287 g/mol. The average Bonchev–Trinajstić information content (AvgIpc) is 2.43. The molecule has 0 fully saturated rings. The molecule has 120 valence electrons. The molecule has 5 heteroatoms. The van der Waals surface area contributed by atoms with Gasteiger partial charge in [0.15, 0.2) is 0 Å². The van der Waals surface area contributed by atoms with Crippen molar-refractivity contribution in [2.75, 3.05) is 13.2 Å². The predicted octanol–water partition coefficient (Wildman–Crippen LogP) is 3.93. The second-order valence-electron chi connectivity index (χ2n) is 5.12. The lowest BCUT2D eigenvalue weighted by molar-refractivity contribution is 0.107. The van der Waals surface area contributed by atoms with Gasteiger partial charge in [-0.3, -0.25) is 0 Å². The maximum absolute atomic E-state index is 13.0. The third-order valence-corrected chi connectivity index (χ3v) is 5.80. The van der Waals surface area contributed by atoms with E-state index in [2.05, 4.69) is 0 Å². The van der Waals surface area contributed by atoms with Crippen LogP contribution in [0.5, 0.6) is 0 Å². The molecule has 0 saturated heterocycles. The fraction of sp³-hybridized carbons (Fsp3) is 0.625. The summed E-state index contributed by atoms with van der Waals surface area (Å²) in [5.74, 6) is -0.169. The second kappa shape index (κ2) is 10.1. The molecule has 0 aliphatic carbocycles. The van der Waals surface area contributed by atoms with E-state index in [9.17, 15) is 9.19 Å². The summed E-state index contributed by atoms with van der Waals surface area (Å²) in [5, 5.41) is 0. The fourth-order valence-corrected chi connectivity index (χ4v) is 4.33. The van der Waals surface area contributed by atoms with Gasteiger partial charge in [0.05, 0.1) is 0 Å². The van der Waals surface area contributed by atoms with Crippen LogP contribution in [0.3, 0.4) is 0 Å². The number of aryl methyl sites for hydroxylation is 1. The van der Waals surface area contributed by atoms with E-state index in [1.807, 2.05) is 19.9 Å². The van der Waals surface area contributed by atoms with Gasteiger partial charge in [-0.25, -0.2) is 4.39 Å². The smallest absolute Gasteiger partial charge is 0.390 e. The highest BCUT2D eigenvalue weighted by molar-refractivity contribution is 6.59. The van der Waals surface area contributed by atoms with Crippen molar-refractivity contribution in [3.05, 3.63) is 35.6 Å². The van der Waals surface area contributed by atoms with Gasteiger partial charge in [-0.2, -0.15) is 0 Å². The molecule has 1 N–H and O–H groups in total. The van der Waals surface area contributed by atoms with Gasteiger partial charge in [-0.1, -0.05) is 25.0 Å². The van der Waals surface area contributed by atoms with Crippen LogP contribution in [-0.4, -0.2) is 26.8 Å². The van der Waals surface area contributed by atoms with E-state index >= 15 is 0 Å². The van der Waals surface area contributed by atoms with Crippen LogP contribution in [0.2, 0.25) is 6.04 Å². The van der Waals surface area contributed by atoms with Crippen LogP contribution >= 0.6 is 0 Å². The molecule has 0 saturated carbocycles. The van der Waals surface area contributed by atoms with Crippen molar-refractivity contribution in [2.45, 2.75) is 52.0 Å². The van der Waals surface area contributed by atoms with E-state index in [0.29, 0.717) is 19.3 Å². The van der Waals surface area contributed by atoms with Crippen LogP contribution in [-0.2, 0) is 15.3 Å². The van der Waals surface area contributed by atoms with Crippen LogP contribution in [0.25, 0.3) is 0 Å². The Kier molecular flexibility index (Phi) is 8.76. The first-order valence-electron chi connectivity index (χ1n) is 7.84. The maximum Gasteiger partial charge on any atom is 0.498 e. The number of halogens is 1. The summed E-state index contributed by atoms with van der Waals surface area (Å²) in [6, 6.07) is 7.39. The van der Waals surface area contributed by atoms with Crippen molar-refractivity contribution in [1.82, 2.24) is 0 Å². The molecule has 0 aromatic heterocycles. The van der Waals surface area contributed by atoms with Crippen molar-refractivity contribution >= 4 is 8.80 Å². The molecule has 0 radical (unpaired) electrons. The van der Waals surface area contributed by atoms with Gasteiger partial charge in [-0.15, -0.1) is 0 Å². The number of unbranched alkanes of at least 4 members (excludes halogenated alkanes) is 3. The van der Waals surface area contributed by atoms with Gasteiger partial charge in [0.1, 0.15) is 5.82 Å². The summed E-state index contributed by atoms with van der Waals surface area (Å²) < 4.78 is 23.8. The van der Waals surface area contributed by atoms with Gasteiger partial charge in [0, 0.05) is 19.3 Å². The van der Waals surface area contributed by atoms with Crippen LogP contribution in [0, 0.1) is 5.82 Å². The molecule has 1 rings (SSSR count). The Hall–Kier alpha value is -0.753. The number of benzene rings is 1. The molecule has 0 heterocycles. The van der Waals surface area contributed by atoms with E-state index < -0.39 is 8.80 Å². The number of hydrogen-bond acceptors (Lipinski definition) is 3. The maximum atomic E-state index is 13.0. The molecule has 1 aromatic rings. The van der Waals surface area contributed by atoms with Gasteiger partial charge in [0.2, 0.25) is 0 Å². The van der Waals surface area contributed by atoms with Crippen molar-refractivity contribution in [1.29, 1.82) is 0 Å². The molecule has 0 aliphatic heterocycles. The molecule has 0 atom stereocenters. The summed E-state index contributed by atoms with van der Waals surface area (Å²) in [5.41, 5.74) is 1.05. The summed E-state index contributed by atoms with van der Waals surface area (Å²) >= 11 is 0. The van der Waals surface area contributed by atoms with Gasteiger partial charge in [0.25, 0.3) is 0 Å². The topological polar surface area (TPSA) is 38.7 Å². The van der Waals surface area contributed by atoms with Crippen LogP contribution in [0.4, 0.5) is 4.39 Å². The Labute approximate surface area is 128 Å². The molecule has 0 aliphatic rings. The lowest BCUT2D eigenvalue weighted by atomic mass is 10.1. The molecule has 0 unspecified atom stereocenters. The Morgan fingerprint density at radius 3 is 2.33 bits per heavy atom. The standard InChI is InChI=1S/C16H27FO3Si/c1-3-19-21(18,20-4-2)13-8-6-5-7-10-15-11-9-12-16(17)14-15/h9,11-12,14,18H,3-8,10,13H2,1-2H3. The molecule has 0 bridgehead atoms. The van der Waals surface area contributed by atoms with E-state index in [1.54, 1.807) is 12.1 Å². The molecule has 1 aromatic carbocycles. The Bertz CT molecular complexity index is 395. The summed E-state index contributed by atoms with van der Waals surface area (Å²) in [4.78, 5) is 10.2. The highest BCUT2D eigenvalue weighted by Crippen LogP contribution is 2.17. The Morgan fingerprint density at radius 2 is 1.71 bits per heavy atom. The fourth-order valence-electron chi connectivity index (χ4n) is 2.36. The Morgan fingerprint density at radius 1 is 1.05 bits per heavy atom. The lowest BCUT2D eigenvalue weighted by Crippen LogP contribution is -2.42. The molecular formula is C16H27FO3Si. The SMILES string of the molecule is CCO[Si](O)(CCCCCCc1cccc(F)c1)OCC. The van der Waals surface area contributed by atoms with Crippen molar-refractivity contribution in [3.63, 3.8) is 0 Å². The first kappa shape index (κ1) is 18.3. The lowest BCUT2D eigenvalue weighted by Gasteiger charge is -2.22. The third-order valence-electron chi connectivity index (χ3n) is 3.34. The van der Waals surface area contributed by atoms with Gasteiger partial charge < -0.3 is 13.6 Å². The van der Waals surface area contributed by atoms with Crippen molar-refractivity contribution < 1.29 is 18.0 Å². The van der Waals surface area contributed by atoms with E-state index in [-0.39, 0.29) is 5.82 Å². The first-order chi connectivity index (χ1) is 10.1. The Balaban J connectivity index is 2.16. The molecule has 21 heavy (non-hydrogen) atoms. The highest BCUT2D eigenvalue weighted by Gasteiger charge is 2.35. The minimum atomic E-state index is -2.93. The van der Waals surface area contributed by atoms with Crippen molar-refractivity contribution in [3.8, 4) is 0 Å². The highest BCUT2D eigenvalue weighted by atomic mass is 28.4. The quantitative estimate of drug-likeness (QED) is 0.497. The zero-order chi connectivity index (χ0) is 15.6. The van der Waals surface area contributed by atoms with E-state index in [1.165, 1.54) is 6.07 Å². The van der Waals surface area contributed by atoms with Crippen LogP contribution < -0.4 is 0 Å². The van der Waals surface area contributed by atoms with E-state index in [4.69, 9.17) is 8.85 Å². The largest absolute Gasteiger partial charge is 0.498 e. The minimum Gasteiger partial charge on any atom is -0.390 e. The number of rotatable bonds is 11. The normalized spacial score (nSPS) is 11.8. The number of hydrogen-bond donors (Lipinski definition) is 1. The predicted molar refractivity (Wildman–Crippen MR) is 84.6 cm³/mol. The third kappa shape index (κ3) is 7.71. The molecule has 0 spiro atoms. The van der Waals surface area contributed by atoms with Gasteiger partial charge in [-0.05, 0) is 50.8 Å². The van der Waals surface area contributed by atoms with E-state index in [0.717, 1.165) is 37.7 Å². The zero-order valence-corrected chi connectivity index (χ0v) is 14.1. The second-order valence-corrected chi connectivity index (χ2v) is 7.63. The zero-order valence-electron chi connectivity index (χ0n) is 13.1. The van der Waals surface area contributed by atoms with Gasteiger partial charge >= 0.3 is 8.80 Å². The average molecular weight is 314 g/mol. The monoisotopic (exact) mass is 314 g/mol. The molecule has 0 amide bonds. The summed E-state index contributed by atoms with van der Waals surface area (Å²) in [6.45, 7) is 4.72. The van der Waals surface area contributed by atoms with Crippen LogP contribution in [0.15, 0.2) is 24.3 Å².